The van der Waals surface area contributed by atoms with Crippen LogP contribution in [0.4, 0.5) is 4.39 Å². The summed E-state index contributed by atoms with van der Waals surface area (Å²) in [5, 5.41) is 3.23. The standard InChI is InChI=1S/C23H27FN2O3S/c1-16-2-4-17(5-3-16)22(18-6-7-18)25-23(27)19-12-14-26(15-13-19)30(28,29)21-10-8-20(24)9-11-21/h2-5,8-11,18-19,22H,6-7,12-15H2,1H3,(H,25,27)/t22-/m0/s1. The first-order valence-corrected chi connectivity index (χ1v) is 11.9. The van der Waals surface area contributed by atoms with Crippen molar-refractivity contribution in [3.05, 3.63) is 65.5 Å². The van der Waals surface area contributed by atoms with Crippen LogP contribution in [0.15, 0.2) is 53.4 Å². The topological polar surface area (TPSA) is 66.5 Å². The lowest BCUT2D eigenvalue weighted by atomic mass is 9.95. The highest BCUT2D eigenvalue weighted by Gasteiger charge is 2.36. The number of benzene rings is 2. The summed E-state index contributed by atoms with van der Waals surface area (Å²) in [7, 11) is -3.67. The number of aryl methyl sites for hydroxylation is 1. The largest absolute Gasteiger partial charge is 0.349 e. The number of rotatable bonds is 6. The maximum atomic E-state index is 13.1. The quantitative estimate of drug-likeness (QED) is 0.758. The van der Waals surface area contributed by atoms with E-state index in [1.165, 1.54) is 22.0 Å². The van der Waals surface area contributed by atoms with E-state index >= 15 is 0 Å². The van der Waals surface area contributed by atoms with E-state index in [-0.39, 0.29) is 35.9 Å². The summed E-state index contributed by atoms with van der Waals surface area (Å²) >= 11 is 0. The molecule has 1 saturated heterocycles. The van der Waals surface area contributed by atoms with Crippen molar-refractivity contribution in [2.24, 2.45) is 11.8 Å². The molecule has 2 fully saturated rings. The lowest BCUT2D eigenvalue weighted by Crippen LogP contribution is -2.43. The zero-order valence-electron chi connectivity index (χ0n) is 17.1. The van der Waals surface area contributed by atoms with Crippen molar-refractivity contribution in [2.75, 3.05) is 13.1 Å². The summed E-state index contributed by atoms with van der Waals surface area (Å²) in [6.45, 7) is 2.62. The van der Waals surface area contributed by atoms with Gasteiger partial charge >= 0.3 is 0 Å². The SMILES string of the molecule is Cc1ccc([C@H](NC(=O)C2CCN(S(=O)(=O)c3ccc(F)cc3)CC2)C2CC2)cc1. The molecule has 0 spiro atoms. The second-order valence-corrected chi connectivity index (χ2v) is 10.3. The Hall–Kier alpha value is -2.25. The molecule has 1 atom stereocenters. The number of sulfonamides is 1. The van der Waals surface area contributed by atoms with E-state index in [1.54, 1.807) is 0 Å². The third-order valence-electron chi connectivity index (χ3n) is 6.10. The third-order valence-corrected chi connectivity index (χ3v) is 8.02. The van der Waals surface area contributed by atoms with Crippen molar-refractivity contribution in [3.8, 4) is 0 Å². The van der Waals surface area contributed by atoms with Gasteiger partial charge in [0.1, 0.15) is 5.82 Å². The molecular formula is C23H27FN2O3S. The Morgan fingerprint density at radius 1 is 1.00 bits per heavy atom. The van der Waals surface area contributed by atoms with Crippen molar-refractivity contribution >= 4 is 15.9 Å². The fourth-order valence-corrected chi connectivity index (χ4v) is 5.53. The van der Waals surface area contributed by atoms with Crippen LogP contribution < -0.4 is 5.32 Å². The van der Waals surface area contributed by atoms with Crippen LogP contribution in [0, 0.1) is 24.6 Å². The van der Waals surface area contributed by atoms with E-state index in [4.69, 9.17) is 0 Å². The molecule has 1 aliphatic heterocycles. The monoisotopic (exact) mass is 430 g/mol. The molecule has 0 radical (unpaired) electrons. The van der Waals surface area contributed by atoms with Gasteiger partial charge in [-0.2, -0.15) is 4.31 Å². The Morgan fingerprint density at radius 3 is 2.17 bits per heavy atom. The molecule has 2 aromatic rings. The smallest absolute Gasteiger partial charge is 0.243 e. The first-order chi connectivity index (χ1) is 14.3. The van der Waals surface area contributed by atoms with E-state index in [2.05, 4.69) is 29.6 Å². The molecular weight excluding hydrogens is 403 g/mol. The number of halogens is 1. The second kappa shape index (κ2) is 8.47. The molecule has 160 valence electrons. The first kappa shape index (κ1) is 21.0. The molecule has 0 unspecified atom stereocenters. The van der Waals surface area contributed by atoms with Gasteiger partial charge in [-0.15, -0.1) is 0 Å². The van der Waals surface area contributed by atoms with Crippen LogP contribution in [0.5, 0.6) is 0 Å². The number of hydrogen-bond acceptors (Lipinski definition) is 3. The average Bonchev–Trinajstić information content (AvgIpc) is 3.58. The number of carbonyl (C=O) groups is 1. The van der Waals surface area contributed by atoms with Gasteiger partial charge in [-0.3, -0.25) is 4.79 Å². The lowest BCUT2D eigenvalue weighted by Gasteiger charge is -2.31. The minimum absolute atomic E-state index is 0.00584. The number of hydrogen-bond donors (Lipinski definition) is 1. The van der Waals surface area contributed by atoms with Crippen LogP contribution in [0.3, 0.4) is 0 Å². The van der Waals surface area contributed by atoms with Gasteiger partial charge in [-0.05, 0) is 68.4 Å². The summed E-state index contributed by atoms with van der Waals surface area (Å²) in [6.07, 6.45) is 3.20. The van der Waals surface area contributed by atoms with Crippen LogP contribution >= 0.6 is 0 Å². The Balaban J connectivity index is 1.38. The van der Waals surface area contributed by atoms with Crippen LogP contribution in [0.25, 0.3) is 0 Å². The minimum atomic E-state index is -3.67. The number of carbonyl (C=O) groups excluding carboxylic acids is 1. The van der Waals surface area contributed by atoms with Crippen LogP contribution in [0.2, 0.25) is 0 Å². The van der Waals surface area contributed by atoms with E-state index in [0.717, 1.165) is 30.5 Å². The fraction of sp³-hybridized carbons (Fsp3) is 0.435. The molecule has 1 amide bonds. The first-order valence-electron chi connectivity index (χ1n) is 10.5. The molecule has 0 aromatic heterocycles. The summed E-state index contributed by atoms with van der Waals surface area (Å²) in [4.78, 5) is 13.0. The Labute approximate surface area is 177 Å². The fourth-order valence-electron chi connectivity index (χ4n) is 4.06. The number of piperidine rings is 1. The zero-order chi connectivity index (χ0) is 21.3. The summed E-state index contributed by atoms with van der Waals surface area (Å²) < 4.78 is 40.0. The Bertz CT molecular complexity index is 994. The van der Waals surface area contributed by atoms with Crippen molar-refractivity contribution in [3.63, 3.8) is 0 Å². The van der Waals surface area contributed by atoms with Crippen molar-refractivity contribution in [1.29, 1.82) is 0 Å². The van der Waals surface area contributed by atoms with Crippen molar-refractivity contribution < 1.29 is 17.6 Å². The Morgan fingerprint density at radius 2 is 1.60 bits per heavy atom. The maximum Gasteiger partial charge on any atom is 0.243 e. The molecule has 7 heteroatoms. The van der Waals surface area contributed by atoms with Crippen LogP contribution in [-0.2, 0) is 14.8 Å². The lowest BCUT2D eigenvalue weighted by molar-refractivity contribution is -0.127. The zero-order valence-corrected chi connectivity index (χ0v) is 17.9. The molecule has 1 N–H and O–H groups in total. The summed E-state index contributed by atoms with van der Waals surface area (Å²) in [5.74, 6) is -0.179. The van der Waals surface area contributed by atoms with E-state index in [0.29, 0.717) is 18.8 Å². The highest BCUT2D eigenvalue weighted by molar-refractivity contribution is 7.89. The average molecular weight is 431 g/mol. The van der Waals surface area contributed by atoms with E-state index in [9.17, 15) is 17.6 Å². The Kier molecular flexibility index (Phi) is 5.93. The number of amides is 1. The van der Waals surface area contributed by atoms with Gasteiger partial charge in [0.15, 0.2) is 0 Å². The van der Waals surface area contributed by atoms with E-state index in [1.807, 2.05) is 6.92 Å². The summed E-state index contributed by atoms with van der Waals surface area (Å²) in [5.41, 5.74) is 2.32. The van der Waals surface area contributed by atoms with Crippen molar-refractivity contribution in [2.45, 2.75) is 43.5 Å². The molecule has 30 heavy (non-hydrogen) atoms. The predicted octanol–water partition coefficient (Wildman–Crippen LogP) is 3.80. The van der Waals surface area contributed by atoms with E-state index < -0.39 is 15.8 Å². The molecule has 1 heterocycles. The second-order valence-electron chi connectivity index (χ2n) is 8.37. The number of nitrogens with zero attached hydrogens (tertiary/aromatic N) is 1. The molecule has 5 nitrogen and oxygen atoms in total. The van der Waals surface area contributed by atoms with Gasteiger partial charge in [-0.25, -0.2) is 12.8 Å². The van der Waals surface area contributed by atoms with Gasteiger partial charge < -0.3 is 5.32 Å². The molecule has 1 saturated carbocycles. The van der Waals surface area contributed by atoms with Crippen LogP contribution in [0.1, 0.15) is 42.9 Å². The van der Waals surface area contributed by atoms with Gasteiger partial charge in [0.05, 0.1) is 10.9 Å². The molecule has 1 aliphatic carbocycles. The van der Waals surface area contributed by atoms with Crippen molar-refractivity contribution in [1.82, 2.24) is 9.62 Å². The maximum absolute atomic E-state index is 13.1. The molecule has 2 aromatic carbocycles. The van der Waals surface area contributed by atoms with Gasteiger partial charge in [0, 0.05) is 19.0 Å². The molecule has 4 rings (SSSR count). The number of nitrogens with one attached hydrogen (secondary N) is 1. The highest BCUT2D eigenvalue weighted by atomic mass is 32.2. The van der Waals surface area contributed by atoms with Gasteiger partial charge in [0.2, 0.25) is 15.9 Å². The van der Waals surface area contributed by atoms with Gasteiger partial charge in [0.25, 0.3) is 0 Å². The van der Waals surface area contributed by atoms with Gasteiger partial charge in [-0.1, -0.05) is 29.8 Å². The molecule has 2 aliphatic rings. The highest BCUT2D eigenvalue weighted by Crippen LogP contribution is 2.41. The molecule has 0 bridgehead atoms. The summed E-state index contributed by atoms with van der Waals surface area (Å²) in [6, 6.07) is 13.2. The predicted molar refractivity (Wildman–Crippen MR) is 113 cm³/mol. The normalized spacial score (nSPS) is 19.4. The minimum Gasteiger partial charge on any atom is -0.349 e. The third kappa shape index (κ3) is 4.57. The van der Waals surface area contributed by atoms with Crippen LogP contribution in [-0.4, -0.2) is 31.7 Å².